The number of carbonyl (C=O) groups excluding carboxylic acids is 1. The van der Waals surface area contributed by atoms with E-state index in [2.05, 4.69) is 5.32 Å². The van der Waals surface area contributed by atoms with Crippen LogP contribution < -0.4 is 11.1 Å². The summed E-state index contributed by atoms with van der Waals surface area (Å²) in [7, 11) is 0. The lowest BCUT2D eigenvalue weighted by Crippen LogP contribution is -2.44. The second-order valence-corrected chi connectivity index (χ2v) is 6.96. The molecule has 0 bridgehead atoms. The van der Waals surface area contributed by atoms with Crippen molar-refractivity contribution in [2.45, 2.75) is 44.6 Å². The maximum Gasteiger partial charge on any atom is 0.220 e. The Kier molecular flexibility index (Phi) is 5.67. The first-order chi connectivity index (χ1) is 9.19. The molecule has 1 aromatic heterocycles. The molecule has 0 aromatic carbocycles. The van der Waals surface area contributed by atoms with Crippen LogP contribution in [0.5, 0.6) is 0 Å². The zero-order chi connectivity index (χ0) is 13.7. The average Bonchev–Trinajstić information content (AvgIpc) is 2.83. The van der Waals surface area contributed by atoms with E-state index in [1.54, 1.807) is 11.3 Å². The Bertz CT molecular complexity index is 421. The van der Waals surface area contributed by atoms with E-state index in [0.717, 1.165) is 23.6 Å². The molecule has 1 amide bonds. The molecule has 1 fully saturated rings. The molecule has 1 saturated carbocycles. The van der Waals surface area contributed by atoms with E-state index in [-0.39, 0.29) is 11.9 Å². The zero-order valence-corrected chi connectivity index (χ0v) is 12.6. The van der Waals surface area contributed by atoms with Gasteiger partial charge in [-0.15, -0.1) is 11.3 Å². The Balaban J connectivity index is 1.77. The van der Waals surface area contributed by atoms with Gasteiger partial charge in [-0.05, 0) is 43.9 Å². The summed E-state index contributed by atoms with van der Waals surface area (Å²) < 4.78 is 0.783. The van der Waals surface area contributed by atoms with Crippen LogP contribution >= 0.6 is 22.9 Å². The van der Waals surface area contributed by atoms with Crippen LogP contribution in [0.4, 0.5) is 0 Å². The molecule has 1 heterocycles. The third kappa shape index (κ3) is 4.48. The maximum absolute atomic E-state index is 12.0. The van der Waals surface area contributed by atoms with Gasteiger partial charge in [0.2, 0.25) is 5.91 Å². The molecule has 2 rings (SSSR count). The summed E-state index contributed by atoms with van der Waals surface area (Å²) in [6, 6.07) is 4.15. The Morgan fingerprint density at radius 1 is 1.42 bits per heavy atom. The normalized spacial score (nSPS) is 23.3. The van der Waals surface area contributed by atoms with Crippen LogP contribution in [-0.4, -0.2) is 18.5 Å². The molecule has 3 nitrogen and oxygen atoms in total. The summed E-state index contributed by atoms with van der Waals surface area (Å²) in [5.74, 6) is 0.587. The molecular formula is C14H21ClN2OS. The van der Waals surface area contributed by atoms with Crippen LogP contribution in [0.2, 0.25) is 4.34 Å². The largest absolute Gasteiger partial charge is 0.353 e. The molecule has 0 saturated heterocycles. The summed E-state index contributed by atoms with van der Waals surface area (Å²) in [5, 5.41) is 3.15. The van der Waals surface area contributed by atoms with Gasteiger partial charge >= 0.3 is 0 Å². The van der Waals surface area contributed by atoms with Gasteiger partial charge in [-0.1, -0.05) is 24.4 Å². The second-order valence-electron chi connectivity index (χ2n) is 5.16. The number of hydrogen-bond donors (Lipinski definition) is 2. The molecule has 2 atom stereocenters. The monoisotopic (exact) mass is 300 g/mol. The van der Waals surface area contributed by atoms with E-state index in [1.165, 1.54) is 17.7 Å². The number of aryl methyl sites for hydroxylation is 1. The maximum atomic E-state index is 12.0. The number of rotatable bonds is 5. The van der Waals surface area contributed by atoms with Crippen LogP contribution in [-0.2, 0) is 11.2 Å². The smallest absolute Gasteiger partial charge is 0.220 e. The van der Waals surface area contributed by atoms with Gasteiger partial charge < -0.3 is 11.1 Å². The molecule has 106 valence electrons. The third-order valence-corrected chi connectivity index (χ3v) is 5.08. The summed E-state index contributed by atoms with van der Waals surface area (Å²) in [6.07, 6.45) is 5.94. The van der Waals surface area contributed by atoms with E-state index in [9.17, 15) is 4.79 Å². The number of thiophene rings is 1. The Morgan fingerprint density at radius 3 is 2.89 bits per heavy atom. The fourth-order valence-corrected chi connectivity index (χ4v) is 3.77. The Labute approximate surface area is 123 Å². The second kappa shape index (κ2) is 7.27. The highest BCUT2D eigenvalue weighted by Crippen LogP contribution is 2.24. The standard InChI is InChI=1S/C14H21ClN2OS/c15-13-7-5-11(19-13)6-8-14(18)17-12-4-2-1-3-10(12)9-16/h5,7,10,12H,1-4,6,8-9,16H2,(H,17,18). The third-order valence-electron chi connectivity index (χ3n) is 3.79. The molecule has 3 N–H and O–H groups in total. The number of nitrogens with two attached hydrogens (primary N) is 1. The lowest BCUT2D eigenvalue weighted by molar-refractivity contribution is -0.122. The van der Waals surface area contributed by atoms with E-state index in [4.69, 9.17) is 17.3 Å². The minimum Gasteiger partial charge on any atom is -0.353 e. The number of carbonyl (C=O) groups is 1. The van der Waals surface area contributed by atoms with Crippen LogP contribution in [0.3, 0.4) is 0 Å². The van der Waals surface area contributed by atoms with Gasteiger partial charge in [0, 0.05) is 17.3 Å². The van der Waals surface area contributed by atoms with Gasteiger partial charge in [0.05, 0.1) is 4.34 Å². The van der Waals surface area contributed by atoms with Crippen molar-refractivity contribution in [2.75, 3.05) is 6.54 Å². The minimum atomic E-state index is 0.134. The van der Waals surface area contributed by atoms with E-state index in [0.29, 0.717) is 18.9 Å². The number of halogens is 1. The molecule has 1 aliphatic carbocycles. The SMILES string of the molecule is NCC1CCCCC1NC(=O)CCc1ccc(Cl)s1. The van der Waals surface area contributed by atoms with Crippen molar-refractivity contribution < 1.29 is 4.79 Å². The molecule has 19 heavy (non-hydrogen) atoms. The Hall–Kier alpha value is -0.580. The van der Waals surface area contributed by atoms with Gasteiger partial charge in [0.1, 0.15) is 0 Å². The van der Waals surface area contributed by atoms with Crippen molar-refractivity contribution in [3.05, 3.63) is 21.3 Å². The lowest BCUT2D eigenvalue weighted by atomic mass is 9.84. The van der Waals surface area contributed by atoms with Gasteiger partial charge in [0.25, 0.3) is 0 Å². The zero-order valence-electron chi connectivity index (χ0n) is 11.0. The summed E-state index contributed by atoms with van der Waals surface area (Å²) >= 11 is 7.42. The molecule has 1 aliphatic rings. The number of hydrogen-bond acceptors (Lipinski definition) is 3. The molecule has 2 unspecified atom stereocenters. The van der Waals surface area contributed by atoms with Crippen molar-refractivity contribution in [2.24, 2.45) is 11.7 Å². The fourth-order valence-electron chi connectivity index (χ4n) is 2.68. The van der Waals surface area contributed by atoms with Crippen LogP contribution in [0, 0.1) is 5.92 Å². The van der Waals surface area contributed by atoms with Gasteiger partial charge in [0.15, 0.2) is 0 Å². The minimum absolute atomic E-state index is 0.134. The number of nitrogens with one attached hydrogen (secondary N) is 1. The first kappa shape index (κ1) is 14.8. The first-order valence-electron chi connectivity index (χ1n) is 6.92. The fraction of sp³-hybridized carbons (Fsp3) is 0.643. The van der Waals surface area contributed by atoms with Gasteiger partial charge in [-0.2, -0.15) is 0 Å². The highest BCUT2D eigenvalue weighted by molar-refractivity contribution is 7.16. The Morgan fingerprint density at radius 2 is 2.21 bits per heavy atom. The predicted molar refractivity (Wildman–Crippen MR) is 80.6 cm³/mol. The van der Waals surface area contributed by atoms with Crippen molar-refractivity contribution in [3.8, 4) is 0 Å². The van der Waals surface area contributed by atoms with Crippen LogP contribution in [0.1, 0.15) is 37.0 Å². The lowest BCUT2D eigenvalue weighted by Gasteiger charge is -2.31. The molecular weight excluding hydrogens is 280 g/mol. The molecule has 0 spiro atoms. The van der Waals surface area contributed by atoms with Crippen LogP contribution in [0.15, 0.2) is 12.1 Å². The van der Waals surface area contributed by atoms with Crippen LogP contribution in [0.25, 0.3) is 0 Å². The predicted octanol–water partition coefficient (Wildman–Crippen LogP) is 2.97. The van der Waals surface area contributed by atoms with Crippen molar-refractivity contribution in [1.29, 1.82) is 0 Å². The molecule has 1 aromatic rings. The van der Waals surface area contributed by atoms with Gasteiger partial charge in [-0.3, -0.25) is 4.79 Å². The van der Waals surface area contributed by atoms with E-state index in [1.807, 2.05) is 12.1 Å². The topological polar surface area (TPSA) is 55.1 Å². The van der Waals surface area contributed by atoms with Crippen molar-refractivity contribution in [1.82, 2.24) is 5.32 Å². The molecule has 0 aliphatic heterocycles. The van der Waals surface area contributed by atoms with Crippen molar-refractivity contribution >= 4 is 28.8 Å². The van der Waals surface area contributed by atoms with E-state index < -0.39 is 0 Å². The van der Waals surface area contributed by atoms with Gasteiger partial charge in [-0.25, -0.2) is 0 Å². The molecule has 0 radical (unpaired) electrons. The number of amides is 1. The van der Waals surface area contributed by atoms with Crippen molar-refractivity contribution in [3.63, 3.8) is 0 Å². The summed E-state index contributed by atoms with van der Waals surface area (Å²) in [6.45, 7) is 0.672. The summed E-state index contributed by atoms with van der Waals surface area (Å²) in [4.78, 5) is 13.1. The first-order valence-corrected chi connectivity index (χ1v) is 8.12. The van der Waals surface area contributed by atoms with E-state index >= 15 is 0 Å². The molecule has 5 heteroatoms. The highest BCUT2D eigenvalue weighted by Gasteiger charge is 2.25. The highest BCUT2D eigenvalue weighted by atomic mass is 35.5. The summed E-state index contributed by atoms with van der Waals surface area (Å²) in [5.41, 5.74) is 5.77. The average molecular weight is 301 g/mol. The quantitative estimate of drug-likeness (QED) is 0.878.